The van der Waals surface area contributed by atoms with Gasteiger partial charge in [0.1, 0.15) is 5.82 Å². The fourth-order valence-corrected chi connectivity index (χ4v) is 5.74. The first kappa shape index (κ1) is 29.5. The van der Waals surface area contributed by atoms with Gasteiger partial charge in [-0.1, -0.05) is 60.1 Å². The second-order valence-corrected chi connectivity index (χ2v) is 10.6. The van der Waals surface area contributed by atoms with Gasteiger partial charge in [-0.3, -0.25) is 4.79 Å². The van der Waals surface area contributed by atoms with E-state index >= 15 is 0 Å². The standard InChI is InChI=1S/C33H25ClFNO7/c34-27-14-21(11-12-28(27)35)20-8-3-5-18(13-20)17-36(29-10-4-7-19-6-1-2-9-22(19)29)30(37)23-15-25(32(40)41)26(33(42)43)16-24(23)31(38)39/h1-3,5-6,8-9,11-16,29H,4,7,10,17H2,(H,38,39)(H,40,41)(H,42,43)/t29-/m0/s1. The molecule has 3 N–H and O–H groups in total. The van der Waals surface area contributed by atoms with Crippen LogP contribution in [0.1, 0.15) is 77.0 Å². The maximum atomic E-state index is 14.3. The summed E-state index contributed by atoms with van der Waals surface area (Å²) in [6.45, 7) is 0.0166. The molecule has 0 saturated heterocycles. The van der Waals surface area contributed by atoms with Gasteiger partial charge >= 0.3 is 17.9 Å². The smallest absolute Gasteiger partial charge is 0.336 e. The highest BCUT2D eigenvalue weighted by atomic mass is 35.5. The molecule has 0 aliphatic heterocycles. The fraction of sp³-hybridized carbons (Fsp3) is 0.152. The van der Waals surface area contributed by atoms with Crippen LogP contribution >= 0.6 is 11.6 Å². The van der Waals surface area contributed by atoms with E-state index in [0.717, 1.165) is 30.0 Å². The van der Waals surface area contributed by atoms with Crippen molar-refractivity contribution in [2.45, 2.75) is 31.8 Å². The zero-order valence-electron chi connectivity index (χ0n) is 22.6. The molecule has 1 atom stereocenters. The molecule has 0 radical (unpaired) electrons. The van der Waals surface area contributed by atoms with E-state index in [-0.39, 0.29) is 11.6 Å². The number of fused-ring (bicyclic) bond motifs is 1. The van der Waals surface area contributed by atoms with Crippen molar-refractivity contribution in [3.05, 3.63) is 129 Å². The number of aromatic carboxylic acids is 3. The number of halogens is 2. The first-order chi connectivity index (χ1) is 20.5. The molecular formula is C33H25ClFNO7. The van der Waals surface area contributed by atoms with Gasteiger partial charge in [0.15, 0.2) is 0 Å². The monoisotopic (exact) mass is 601 g/mol. The molecule has 10 heteroatoms. The van der Waals surface area contributed by atoms with E-state index in [4.69, 9.17) is 11.6 Å². The molecule has 4 aromatic rings. The van der Waals surface area contributed by atoms with Crippen LogP contribution in [-0.2, 0) is 13.0 Å². The number of amides is 1. The molecule has 4 aromatic carbocycles. The van der Waals surface area contributed by atoms with Crippen LogP contribution in [-0.4, -0.2) is 44.0 Å². The highest BCUT2D eigenvalue weighted by Gasteiger charge is 2.33. The molecular weight excluding hydrogens is 577 g/mol. The lowest BCUT2D eigenvalue weighted by Crippen LogP contribution is -2.37. The molecule has 0 unspecified atom stereocenters. The minimum Gasteiger partial charge on any atom is -0.478 e. The van der Waals surface area contributed by atoms with Crippen LogP contribution in [0.2, 0.25) is 5.02 Å². The van der Waals surface area contributed by atoms with Crippen molar-refractivity contribution in [1.29, 1.82) is 0 Å². The number of carbonyl (C=O) groups is 4. The van der Waals surface area contributed by atoms with Crippen molar-refractivity contribution < 1.29 is 38.9 Å². The van der Waals surface area contributed by atoms with Crippen molar-refractivity contribution in [2.75, 3.05) is 0 Å². The maximum Gasteiger partial charge on any atom is 0.336 e. The summed E-state index contributed by atoms with van der Waals surface area (Å²) in [6.07, 6.45) is 2.12. The van der Waals surface area contributed by atoms with E-state index in [1.807, 2.05) is 30.3 Å². The Balaban J connectivity index is 1.64. The average molecular weight is 602 g/mol. The molecule has 0 aromatic heterocycles. The van der Waals surface area contributed by atoms with Crippen molar-refractivity contribution in [3.8, 4) is 11.1 Å². The van der Waals surface area contributed by atoms with Gasteiger partial charge in [0.25, 0.3) is 5.91 Å². The summed E-state index contributed by atoms with van der Waals surface area (Å²) in [5, 5.41) is 29.2. The first-order valence-corrected chi connectivity index (χ1v) is 13.7. The number of carboxylic acids is 3. The normalized spacial score (nSPS) is 14.0. The Hall–Kier alpha value is -5.02. The molecule has 5 rings (SSSR count). The summed E-state index contributed by atoms with van der Waals surface area (Å²) in [5.74, 6) is -6.12. The Morgan fingerprint density at radius 3 is 2.07 bits per heavy atom. The third-order valence-electron chi connectivity index (χ3n) is 7.59. The Morgan fingerprint density at radius 1 is 0.767 bits per heavy atom. The van der Waals surface area contributed by atoms with Gasteiger partial charge in [-0.2, -0.15) is 0 Å². The van der Waals surface area contributed by atoms with Gasteiger partial charge in [0, 0.05) is 6.54 Å². The van der Waals surface area contributed by atoms with Crippen molar-refractivity contribution in [1.82, 2.24) is 4.90 Å². The van der Waals surface area contributed by atoms with Crippen molar-refractivity contribution in [2.24, 2.45) is 0 Å². The van der Waals surface area contributed by atoms with Crippen molar-refractivity contribution >= 4 is 35.4 Å². The molecule has 0 spiro atoms. The van der Waals surface area contributed by atoms with Crippen LogP contribution in [0.15, 0.2) is 78.9 Å². The molecule has 1 aliphatic carbocycles. The number of rotatable bonds is 8. The van der Waals surface area contributed by atoms with E-state index in [0.29, 0.717) is 29.2 Å². The number of aryl methyl sites for hydroxylation is 1. The topological polar surface area (TPSA) is 132 Å². The number of hydrogen-bond acceptors (Lipinski definition) is 4. The number of benzene rings is 4. The van der Waals surface area contributed by atoms with Crippen molar-refractivity contribution in [3.63, 3.8) is 0 Å². The van der Waals surface area contributed by atoms with Crippen LogP contribution in [0.25, 0.3) is 11.1 Å². The summed E-state index contributed by atoms with van der Waals surface area (Å²) >= 11 is 6.00. The van der Waals surface area contributed by atoms with Gasteiger partial charge in [0.05, 0.1) is 33.3 Å². The molecule has 0 bridgehead atoms. The number of carboxylic acid groups (broad SMARTS) is 3. The first-order valence-electron chi connectivity index (χ1n) is 13.4. The Labute approximate surface area is 250 Å². The van der Waals surface area contributed by atoms with E-state index < -0.39 is 57.9 Å². The van der Waals surface area contributed by atoms with Crippen LogP contribution in [0, 0.1) is 5.82 Å². The third kappa shape index (κ3) is 5.98. The Bertz CT molecular complexity index is 1790. The second kappa shape index (κ2) is 12.1. The van der Waals surface area contributed by atoms with E-state index in [1.54, 1.807) is 24.3 Å². The molecule has 0 fully saturated rings. The average Bonchev–Trinajstić information content (AvgIpc) is 3.00. The SMILES string of the molecule is O=C(O)c1cc(C(=O)O)c(C(=O)N(Cc2cccc(-c3ccc(F)c(Cl)c3)c2)[C@H]2CCCc3ccccc32)cc1C(=O)O. The van der Waals surface area contributed by atoms with Gasteiger partial charge < -0.3 is 20.2 Å². The van der Waals surface area contributed by atoms with Gasteiger partial charge in [-0.05, 0) is 77.4 Å². The van der Waals surface area contributed by atoms with Crippen LogP contribution in [0.3, 0.4) is 0 Å². The Morgan fingerprint density at radius 2 is 1.40 bits per heavy atom. The highest BCUT2D eigenvalue weighted by Crippen LogP contribution is 2.37. The maximum absolute atomic E-state index is 14.3. The summed E-state index contributed by atoms with van der Waals surface area (Å²) in [4.78, 5) is 51.8. The second-order valence-electron chi connectivity index (χ2n) is 10.2. The van der Waals surface area contributed by atoms with E-state index in [9.17, 15) is 38.9 Å². The summed E-state index contributed by atoms with van der Waals surface area (Å²) < 4.78 is 13.8. The fourth-order valence-electron chi connectivity index (χ4n) is 5.56. The predicted octanol–water partition coefficient (Wildman–Crippen LogP) is 6.96. The zero-order valence-corrected chi connectivity index (χ0v) is 23.3. The molecule has 1 amide bonds. The lowest BCUT2D eigenvalue weighted by Gasteiger charge is -2.36. The van der Waals surface area contributed by atoms with Crippen LogP contribution in [0.5, 0.6) is 0 Å². The summed E-state index contributed by atoms with van der Waals surface area (Å²) in [6, 6.07) is 20.2. The van der Waals surface area contributed by atoms with Gasteiger partial charge in [0.2, 0.25) is 0 Å². The van der Waals surface area contributed by atoms with E-state index in [2.05, 4.69) is 0 Å². The third-order valence-corrected chi connectivity index (χ3v) is 7.88. The predicted molar refractivity (Wildman–Crippen MR) is 156 cm³/mol. The molecule has 43 heavy (non-hydrogen) atoms. The van der Waals surface area contributed by atoms with E-state index in [1.165, 1.54) is 17.0 Å². The highest BCUT2D eigenvalue weighted by molar-refractivity contribution is 6.31. The minimum absolute atomic E-state index is 0.0166. The molecule has 1 aliphatic rings. The molecule has 0 heterocycles. The van der Waals surface area contributed by atoms with Crippen LogP contribution < -0.4 is 0 Å². The molecule has 0 saturated carbocycles. The molecule has 8 nitrogen and oxygen atoms in total. The quantitative estimate of drug-likeness (QED) is 0.199. The number of hydrogen-bond donors (Lipinski definition) is 3. The number of nitrogens with zero attached hydrogens (tertiary/aromatic N) is 1. The number of carbonyl (C=O) groups excluding carboxylic acids is 1. The van der Waals surface area contributed by atoms with Gasteiger partial charge in [-0.15, -0.1) is 0 Å². The molecule has 218 valence electrons. The zero-order chi connectivity index (χ0) is 30.8. The lowest BCUT2D eigenvalue weighted by molar-refractivity contribution is 0.0611. The van der Waals surface area contributed by atoms with Gasteiger partial charge in [-0.25, -0.2) is 18.8 Å². The lowest BCUT2D eigenvalue weighted by atomic mass is 9.86. The Kier molecular flexibility index (Phi) is 8.27. The summed E-state index contributed by atoms with van der Waals surface area (Å²) in [7, 11) is 0. The summed E-state index contributed by atoms with van der Waals surface area (Å²) in [5.41, 5.74) is 1.49. The largest absolute Gasteiger partial charge is 0.478 e. The minimum atomic E-state index is -1.63. The van der Waals surface area contributed by atoms with Crippen LogP contribution in [0.4, 0.5) is 4.39 Å².